The van der Waals surface area contributed by atoms with Crippen LogP contribution in [0.2, 0.25) is 5.02 Å². The van der Waals surface area contributed by atoms with E-state index in [1.807, 2.05) is 55.5 Å². The largest absolute Gasteiger partial charge is 0.488 e. The van der Waals surface area contributed by atoms with Crippen molar-refractivity contribution >= 4 is 23.5 Å². The second-order valence-corrected chi connectivity index (χ2v) is 6.08. The zero-order valence-electron chi connectivity index (χ0n) is 13.7. The Morgan fingerprint density at radius 1 is 1.04 bits per heavy atom. The molecule has 0 N–H and O–H groups in total. The molecule has 0 aliphatic carbocycles. The zero-order valence-corrected chi connectivity index (χ0v) is 14.5. The second-order valence-electron chi connectivity index (χ2n) is 5.65. The molecule has 126 valence electrons. The minimum Gasteiger partial charge on any atom is -0.488 e. The van der Waals surface area contributed by atoms with Crippen molar-refractivity contribution in [1.29, 1.82) is 0 Å². The third-order valence-electron chi connectivity index (χ3n) is 3.72. The van der Waals surface area contributed by atoms with Crippen LogP contribution in [-0.4, -0.2) is 6.21 Å². The number of ether oxygens (including phenoxy) is 1. The van der Waals surface area contributed by atoms with Crippen molar-refractivity contribution in [2.24, 2.45) is 4.99 Å². The molecule has 0 unspecified atom stereocenters. The Hall–Kier alpha value is -2.65. The van der Waals surface area contributed by atoms with Crippen molar-refractivity contribution in [3.05, 3.63) is 94.3 Å². The van der Waals surface area contributed by atoms with Crippen molar-refractivity contribution in [2.75, 3.05) is 0 Å². The van der Waals surface area contributed by atoms with Gasteiger partial charge in [0, 0.05) is 16.8 Å². The molecule has 0 bridgehead atoms. The first-order valence-electron chi connectivity index (χ1n) is 7.88. The molecule has 3 aromatic carbocycles. The summed E-state index contributed by atoms with van der Waals surface area (Å²) in [5, 5.41) is 0.647. The van der Waals surface area contributed by atoms with Crippen LogP contribution >= 0.6 is 11.6 Å². The van der Waals surface area contributed by atoms with Crippen LogP contribution in [0, 0.1) is 12.7 Å². The number of halogens is 2. The quantitative estimate of drug-likeness (QED) is 0.506. The Balaban J connectivity index is 1.79. The molecule has 25 heavy (non-hydrogen) atoms. The van der Waals surface area contributed by atoms with E-state index in [-0.39, 0.29) is 5.82 Å². The lowest BCUT2D eigenvalue weighted by Gasteiger charge is -2.09. The third-order valence-corrected chi connectivity index (χ3v) is 3.95. The van der Waals surface area contributed by atoms with Crippen LogP contribution in [0.25, 0.3) is 0 Å². The van der Waals surface area contributed by atoms with Crippen molar-refractivity contribution in [3.8, 4) is 5.75 Å². The first-order chi connectivity index (χ1) is 12.1. The minimum absolute atomic E-state index is 0.271. The Morgan fingerprint density at radius 2 is 1.88 bits per heavy atom. The number of hydrogen-bond donors (Lipinski definition) is 0. The van der Waals surface area contributed by atoms with E-state index in [2.05, 4.69) is 4.99 Å². The lowest BCUT2D eigenvalue weighted by atomic mass is 10.2. The van der Waals surface area contributed by atoms with E-state index in [0.29, 0.717) is 17.4 Å². The molecule has 0 fully saturated rings. The summed E-state index contributed by atoms with van der Waals surface area (Å²) in [6.07, 6.45) is 1.75. The van der Waals surface area contributed by atoms with E-state index in [1.165, 1.54) is 12.1 Å². The predicted molar refractivity (Wildman–Crippen MR) is 101 cm³/mol. The van der Waals surface area contributed by atoms with Gasteiger partial charge in [0.05, 0.1) is 5.69 Å². The van der Waals surface area contributed by atoms with E-state index in [9.17, 15) is 4.39 Å². The van der Waals surface area contributed by atoms with Crippen LogP contribution < -0.4 is 4.74 Å². The van der Waals surface area contributed by atoms with Crippen molar-refractivity contribution < 1.29 is 9.13 Å². The highest BCUT2D eigenvalue weighted by Crippen LogP contribution is 2.24. The number of para-hydroxylation sites is 1. The van der Waals surface area contributed by atoms with E-state index in [4.69, 9.17) is 16.3 Å². The molecule has 0 aliphatic heterocycles. The minimum atomic E-state index is -0.271. The van der Waals surface area contributed by atoms with Gasteiger partial charge in [0.25, 0.3) is 0 Å². The van der Waals surface area contributed by atoms with Gasteiger partial charge in [0.1, 0.15) is 18.2 Å². The number of rotatable bonds is 5. The molecule has 0 saturated heterocycles. The van der Waals surface area contributed by atoms with Crippen LogP contribution in [0.15, 0.2) is 71.7 Å². The van der Waals surface area contributed by atoms with Crippen molar-refractivity contribution in [1.82, 2.24) is 0 Å². The van der Waals surface area contributed by atoms with Crippen LogP contribution in [0.1, 0.15) is 16.7 Å². The molecule has 0 aliphatic rings. The molecule has 0 atom stereocenters. The Labute approximate surface area is 151 Å². The molecule has 0 radical (unpaired) electrons. The Morgan fingerprint density at radius 3 is 2.72 bits per heavy atom. The smallest absolute Gasteiger partial charge is 0.128 e. The molecular formula is C21H17ClFNO. The number of nitrogens with zero attached hydrogens (tertiary/aromatic N) is 1. The molecule has 3 rings (SSSR count). The summed E-state index contributed by atoms with van der Waals surface area (Å²) in [5.41, 5.74) is 3.47. The Bertz CT molecular complexity index is 908. The zero-order chi connectivity index (χ0) is 17.6. The Kier molecular flexibility index (Phi) is 5.46. The standard InChI is InChI=1S/C21H17ClFNO/c1-15-9-10-18(22)12-20(15)24-13-17-6-2-3-8-21(17)25-14-16-5-4-7-19(23)11-16/h2-13H,14H2,1H3. The lowest BCUT2D eigenvalue weighted by molar-refractivity contribution is 0.305. The van der Waals surface area contributed by atoms with Gasteiger partial charge in [0.2, 0.25) is 0 Å². The molecular weight excluding hydrogens is 337 g/mol. The van der Waals surface area contributed by atoms with Crippen LogP contribution in [0.3, 0.4) is 0 Å². The molecule has 0 saturated carbocycles. The van der Waals surface area contributed by atoms with Crippen molar-refractivity contribution in [2.45, 2.75) is 13.5 Å². The SMILES string of the molecule is Cc1ccc(Cl)cc1N=Cc1ccccc1OCc1cccc(F)c1. The van der Waals surface area contributed by atoms with E-state index >= 15 is 0 Å². The first kappa shape index (κ1) is 17.2. The number of hydrogen-bond acceptors (Lipinski definition) is 2. The second kappa shape index (κ2) is 7.95. The maximum Gasteiger partial charge on any atom is 0.128 e. The first-order valence-corrected chi connectivity index (χ1v) is 8.26. The van der Waals surface area contributed by atoms with Gasteiger partial charge in [-0.3, -0.25) is 4.99 Å². The van der Waals surface area contributed by atoms with Gasteiger partial charge >= 0.3 is 0 Å². The predicted octanol–water partition coefficient (Wildman–Crippen LogP) is 6.12. The third kappa shape index (κ3) is 4.68. The normalized spacial score (nSPS) is 11.0. The fourth-order valence-electron chi connectivity index (χ4n) is 2.37. The fourth-order valence-corrected chi connectivity index (χ4v) is 2.53. The lowest BCUT2D eigenvalue weighted by Crippen LogP contribution is -1.98. The molecule has 0 heterocycles. The van der Waals surface area contributed by atoms with Gasteiger partial charge in [0.15, 0.2) is 0 Å². The van der Waals surface area contributed by atoms with Gasteiger partial charge in [-0.1, -0.05) is 41.9 Å². The van der Waals surface area contributed by atoms with Gasteiger partial charge in [-0.2, -0.15) is 0 Å². The summed E-state index contributed by atoms with van der Waals surface area (Å²) in [4.78, 5) is 4.52. The highest BCUT2D eigenvalue weighted by molar-refractivity contribution is 6.30. The molecule has 2 nitrogen and oxygen atoms in total. The average Bonchev–Trinajstić information content (AvgIpc) is 2.61. The summed E-state index contributed by atoms with van der Waals surface area (Å²) in [6.45, 7) is 2.27. The summed E-state index contributed by atoms with van der Waals surface area (Å²) < 4.78 is 19.1. The highest BCUT2D eigenvalue weighted by atomic mass is 35.5. The van der Waals surface area contributed by atoms with Gasteiger partial charge in [-0.05, 0) is 54.4 Å². The topological polar surface area (TPSA) is 21.6 Å². The van der Waals surface area contributed by atoms with Crippen LogP contribution in [0.5, 0.6) is 5.75 Å². The van der Waals surface area contributed by atoms with E-state index in [0.717, 1.165) is 22.4 Å². The van der Waals surface area contributed by atoms with Gasteiger partial charge in [-0.25, -0.2) is 4.39 Å². The van der Waals surface area contributed by atoms with Gasteiger partial charge in [-0.15, -0.1) is 0 Å². The summed E-state index contributed by atoms with van der Waals surface area (Å²) in [5.74, 6) is 0.419. The maximum absolute atomic E-state index is 13.3. The number of aryl methyl sites for hydroxylation is 1. The number of benzene rings is 3. The van der Waals surface area contributed by atoms with E-state index < -0.39 is 0 Å². The molecule has 0 aromatic heterocycles. The van der Waals surface area contributed by atoms with Gasteiger partial charge < -0.3 is 4.74 Å². The van der Waals surface area contributed by atoms with Crippen LogP contribution in [0.4, 0.5) is 10.1 Å². The monoisotopic (exact) mass is 353 g/mol. The fraction of sp³-hybridized carbons (Fsp3) is 0.0952. The van der Waals surface area contributed by atoms with Crippen LogP contribution in [-0.2, 0) is 6.61 Å². The number of aliphatic imine (C=N–C) groups is 1. The summed E-state index contributed by atoms with van der Waals surface area (Å²) in [6, 6.07) is 19.6. The maximum atomic E-state index is 13.3. The average molecular weight is 354 g/mol. The summed E-state index contributed by atoms with van der Waals surface area (Å²) >= 11 is 6.03. The molecule has 4 heteroatoms. The van der Waals surface area contributed by atoms with Crippen molar-refractivity contribution in [3.63, 3.8) is 0 Å². The molecule has 0 amide bonds. The molecule has 0 spiro atoms. The highest BCUT2D eigenvalue weighted by Gasteiger charge is 2.03. The van der Waals surface area contributed by atoms with E-state index in [1.54, 1.807) is 12.3 Å². The molecule has 3 aromatic rings. The summed E-state index contributed by atoms with van der Waals surface area (Å²) in [7, 11) is 0.